The van der Waals surface area contributed by atoms with Crippen LogP contribution < -0.4 is 5.32 Å². The van der Waals surface area contributed by atoms with Gasteiger partial charge in [-0.1, -0.05) is 60.7 Å². The van der Waals surface area contributed by atoms with E-state index in [9.17, 15) is 9.90 Å². The van der Waals surface area contributed by atoms with E-state index in [1.54, 1.807) is 6.92 Å². The molecule has 0 radical (unpaired) electrons. The number of rotatable bonds is 4. The lowest BCUT2D eigenvalue weighted by Crippen LogP contribution is -2.67. The lowest BCUT2D eigenvalue weighted by molar-refractivity contribution is -0.143. The number of hydrogen-bond donors (Lipinski definition) is 2. The van der Waals surface area contributed by atoms with Crippen molar-refractivity contribution in [3.63, 3.8) is 0 Å². The van der Waals surface area contributed by atoms with Crippen molar-refractivity contribution in [1.29, 1.82) is 0 Å². The van der Waals surface area contributed by atoms with Crippen LogP contribution in [0.5, 0.6) is 0 Å². The molecule has 2 aliphatic heterocycles. The van der Waals surface area contributed by atoms with Crippen LogP contribution in [0.15, 0.2) is 60.7 Å². The third kappa shape index (κ3) is 5.16. The van der Waals surface area contributed by atoms with Gasteiger partial charge in [-0.05, 0) is 18.1 Å². The third-order valence-corrected chi connectivity index (χ3v) is 6.06. The molecule has 0 unspecified atom stereocenters. The summed E-state index contributed by atoms with van der Waals surface area (Å²) in [6.45, 7) is 5.53. The largest absolute Gasteiger partial charge is 0.384 e. The molecule has 1 amide bonds. The molecule has 2 N–H and O–H groups in total. The number of nitrogens with one attached hydrogen (secondary N) is 1. The molecular weight excluding hydrogens is 421 g/mol. The smallest absolute Gasteiger partial charge is 0.251 e. The minimum absolute atomic E-state index is 0. The fraction of sp³-hybridized carbons (Fsp3) is 0.435. The zero-order valence-corrected chi connectivity index (χ0v) is 18.8. The lowest BCUT2D eigenvalue weighted by Gasteiger charge is -2.51. The Morgan fingerprint density at radius 3 is 2.07 bits per heavy atom. The molecule has 0 bridgehead atoms. The van der Waals surface area contributed by atoms with E-state index < -0.39 is 6.10 Å². The fourth-order valence-electron chi connectivity index (χ4n) is 4.73. The zero-order valence-electron chi connectivity index (χ0n) is 17.2. The van der Waals surface area contributed by atoms with Gasteiger partial charge in [0.05, 0.1) is 0 Å². The summed E-state index contributed by atoms with van der Waals surface area (Å²) in [7, 11) is 0. The molecule has 2 aromatic rings. The zero-order chi connectivity index (χ0) is 19.5. The van der Waals surface area contributed by atoms with Gasteiger partial charge < -0.3 is 15.3 Å². The van der Waals surface area contributed by atoms with E-state index in [1.165, 1.54) is 11.1 Å². The first-order chi connectivity index (χ1) is 13.6. The number of nitrogens with zero attached hydrogens (tertiary/aromatic N) is 2. The second-order valence-corrected chi connectivity index (χ2v) is 7.88. The first kappa shape index (κ1) is 24.6. The van der Waals surface area contributed by atoms with Crippen LogP contribution in [-0.2, 0) is 4.79 Å². The van der Waals surface area contributed by atoms with E-state index in [0.717, 1.165) is 19.6 Å². The van der Waals surface area contributed by atoms with Crippen molar-refractivity contribution < 1.29 is 9.90 Å². The van der Waals surface area contributed by atoms with Crippen molar-refractivity contribution in [2.24, 2.45) is 0 Å². The maximum atomic E-state index is 12.3. The SMILES string of the molecule is C[C@H](O)C(=O)N1CCN2[C@H](CNC[C@H]2C(c2ccccc2)c2ccccc2)C1.Cl.Cl. The Balaban J connectivity index is 0.00000160. The van der Waals surface area contributed by atoms with Crippen LogP contribution >= 0.6 is 24.8 Å². The van der Waals surface area contributed by atoms with Crippen LogP contribution in [-0.4, -0.2) is 71.7 Å². The van der Waals surface area contributed by atoms with Crippen molar-refractivity contribution in [1.82, 2.24) is 15.1 Å². The van der Waals surface area contributed by atoms with Crippen molar-refractivity contribution >= 4 is 30.7 Å². The predicted molar refractivity (Wildman–Crippen MR) is 125 cm³/mol. The second kappa shape index (κ2) is 11.1. The Labute approximate surface area is 191 Å². The molecule has 2 fully saturated rings. The standard InChI is InChI=1S/C23H29N3O2.2ClH/c1-17(27)23(28)25-12-13-26-20(16-25)14-24-15-21(26)22(18-8-4-2-5-9-18)19-10-6-3-7-11-19;;/h2-11,17,20-22,24,27H,12-16H2,1H3;2*1H/t17-,20+,21-;;/m0../s1. The van der Waals surface area contributed by atoms with Crippen LogP contribution in [0.25, 0.3) is 0 Å². The Kier molecular flexibility index (Phi) is 9.13. The Hall–Kier alpha value is -1.63. The molecule has 0 spiro atoms. The van der Waals surface area contributed by atoms with Gasteiger partial charge in [0.1, 0.15) is 6.10 Å². The highest BCUT2D eigenvalue weighted by Crippen LogP contribution is 2.33. The van der Waals surface area contributed by atoms with E-state index >= 15 is 0 Å². The maximum absolute atomic E-state index is 12.3. The summed E-state index contributed by atoms with van der Waals surface area (Å²) in [5.74, 6) is 0.112. The van der Waals surface area contributed by atoms with Crippen LogP contribution in [0.2, 0.25) is 0 Å². The Bertz CT molecular complexity index is 752. The van der Waals surface area contributed by atoms with Crippen molar-refractivity contribution in [3.8, 4) is 0 Å². The average Bonchev–Trinajstić information content (AvgIpc) is 2.74. The Morgan fingerprint density at radius 2 is 1.53 bits per heavy atom. The maximum Gasteiger partial charge on any atom is 0.251 e. The number of benzene rings is 2. The quantitative estimate of drug-likeness (QED) is 0.749. The van der Waals surface area contributed by atoms with Crippen molar-refractivity contribution in [2.45, 2.75) is 31.0 Å². The third-order valence-electron chi connectivity index (χ3n) is 6.06. The van der Waals surface area contributed by atoms with Crippen LogP contribution in [0.3, 0.4) is 0 Å². The first-order valence-electron chi connectivity index (χ1n) is 10.2. The topological polar surface area (TPSA) is 55.8 Å². The number of amides is 1. The molecule has 2 aliphatic rings. The van der Waals surface area contributed by atoms with Gasteiger partial charge in [0.15, 0.2) is 0 Å². The van der Waals surface area contributed by atoms with E-state index in [-0.39, 0.29) is 42.7 Å². The lowest BCUT2D eigenvalue weighted by atomic mass is 9.82. The highest BCUT2D eigenvalue weighted by atomic mass is 35.5. The molecule has 164 valence electrons. The molecule has 5 nitrogen and oxygen atoms in total. The molecule has 0 saturated carbocycles. The summed E-state index contributed by atoms with van der Waals surface area (Å²) in [4.78, 5) is 16.7. The fourth-order valence-corrected chi connectivity index (χ4v) is 4.73. The van der Waals surface area contributed by atoms with Gasteiger partial charge in [-0.3, -0.25) is 9.69 Å². The molecule has 0 aromatic heterocycles. The van der Waals surface area contributed by atoms with E-state index in [0.29, 0.717) is 19.1 Å². The number of halogens is 2. The normalized spacial score (nSPS) is 22.4. The summed E-state index contributed by atoms with van der Waals surface area (Å²) in [6, 6.07) is 22.0. The van der Waals surface area contributed by atoms with Gasteiger partial charge in [0.25, 0.3) is 5.91 Å². The molecule has 3 atom stereocenters. The van der Waals surface area contributed by atoms with Crippen LogP contribution in [0, 0.1) is 0 Å². The molecule has 2 heterocycles. The number of fused-ring (bicyclic) bond motifs is 1. The van der Waals surface area contributed by atoms with Crippen molar-refractivity contribution in [3.05, 3.63) is 71.8 Å². The summed E-state index contributed by atoms with van der Waals surface area (Å²) >= 11 is 0. The number of carbonyl (C=O) groups is 1. The van der Waals surface area contributed by atoms with E-state index in [4.69, 9.17) is 0 Å². The highest BCUT2D eigenvalue weighted by molar-refractivity contribution is 5.85. The van der Waals surface area contributed by atoms with Crippen LogP contribution in [0.1, 0.15) is 24.0 Å². The molecule has 7 heteroatoms. The number of hydrogen-bond acceptors (Lipinski definition) is 4. The summed E-state index contributed by atoms with van der Waals surface area (Å²) in [5, 5.41) is 13.3. The number of piperazine rings is 2. The van der Waals surface area contributed by atoms with Gasteiger partial charge in [-0.25, -0.2) is 0 Å². The first-order valence-corrected chi connectivity index (χ1v) is 10.2. The molecule has 30 heavy (non-hydrogen) atoms. The van der Waals surface area contributed by atoms with Gasteiger partial charge >= 0.3 is 0 Å². The second-order valence-electron chi connectivity index (χ2n) is 7.88. The number of aliphatic hydroxyl groups excluding tert-OH is 1. The van der Waals surface area contributed by atoms with Gasteiger partial charge in [0.2, 0.25) is 0 Å². The Morgan fingerprint density at radius 1 is 0.967 bits per heavy atom. The molecule has 4 rings (SSSR count). The summed E-state index contributed by atoms with van der Waals surface area (Å²) in [6.07, 6.45) is -0.930. The number of carbonyl (C=O) groups excluding carboxylic acids is 1. The van der Waals surface area contributed by atoms with Gasteiger partial charge in [-0.2, -0.15) is 0 Å². The summed E-state index contributed by atoms with van der Waals surface area (Å²) in [5.41, 5.74) is 2.65. The molecular formula is C23H31Cl2N3O2. The van der Waals surface area contributed by atoms with E-state index in [1.807, 2.05) is 4.90 Å². The van der Waals surface area contributed by atoms with Gasteiger partial charge in [-0.15, -0.1) is 24.8 Å². The monoisotopic (exact) mass is 451 g/mol. The number of aliphatic hydroxyl groups is 1. The van der Waals surface area contributed by atoms with Gasteiger partial charge in [0, 0.05) is 50.7 Å². The minimum atomic E-state index is -0.930. The van der Waals surface area contributed by atoms with Crippen molar-refractivity contribution in [2.75, 3.05) is 32.7 Å². The summed E-state index contributed by atoms with van der Waals surface area (Å²) < 4.78 is 0. The molecule has 2 saturated heterocycles. The highest BCUT2D eigenvalue weighted by Gasteiger charge is 2.40. The average molecular weight is 452 g/mol. The van der Waals surface area contributed by atoms with Crippen LogP contribution in [0.4, 0.5) is 0 Å². The molecule has 0 aliphatic carbocycles. The predicted octanol–water partition coefficient (Wildman–Crippen LogP) is 2.53. The van der Waals surface area contributed by atoms with E-state index in [2.05, 4.69) is 70.9 Å². The minimum Gasteiger partial charge on any atom is -0.384 e. The molecule has 2 aromatic carbocycles.